The molecule has 79 heavy (non-hydrogen) atoms. The van der Waals surface area contributed by atoms with Crippen molar-refractivity contribution in [2.24, 2.45) is 0 Å². The second-order valence-electron chi connectivity index (χ2n) is 18.7. The van der Waals surface area contributed by atoms with E-state index in [2.05, 4.69) is 96.8 Å². The highest BCUT2D eigenvalue weighted by molar-refractivity contribution is 9.11. The van der Waals surface area contributed by atoms with Gasteiger partial charge in [0.05, 0.1) is 28.8 Å². The van der Waals surface area contributed by atoms with Gasteiger partial charge in [0.15, 0.2) is 0 Å². The summed E-state index contributed by atoms with van der Waals surface area (Å²) in [5.74, 6) is 8.38. The average Bonchev–Trinajstić information content (AvgIpc) is 3.48. The largest absolute Gasteiger partial charge is 0.508 e. The van der Waals surface area contributed by atoms with Gasteiger partial charge < -0.3 is 38.3 Å². The standard InChI is InChI=1S/C34H37BrO4.C18H20BrClO2.C16H18O2/c1-4-13-28-31(18-11-19-32(28)39-30-17-10-9-14-25(30)3)36-20-12-21-37-33-23-34(29(35)22-27(33)5-2)38-24-26-15-7-6-8-16-26;1-2-15-11-16(19)18(12-17(15)21-10-6-9-20)22-13-14-7-4-3-5-8-14;1-3-7-13-14(17)9-6-11-16(13)18-15-10-5-4-8-12(15)2/h6-11,14-19,22-23H,4-5,12-13,20-21,24H2,1-3H3;3-5,7-8,11-12H,2,6,9-10,13H2,1H3;4-6,8-11,17H,3,7H2,1-2H3. The molecule has 0 aliphatic carbocycles. The molecule has 8 rings (SSSR count). The van der Waals surface area contributed by atoms with E-state index < -0.39 is 0 Å². The zero-order chi connectivity index (χ0) is 56.2. The number of rotatable bonds is 26. The quantitative estimate of drug-likeness (QED) is 0.0424. The van der Waals surface area contributed by atoms with Crippen LogP contribution in [-0.2, 0) is 38.9 Å². The highest BCUT2D eigenvalue weighted by Crippen LogP contribution is 2.38. The predicted octanol–water partition coefficient (Wildman–Crippen LogP) is 19.5. The number of halogens is 3. The van der Waals surface area contributed by atoms with Gasteiger partial charge in [0.25, 0.3) is 0 Å². The molecule has 0 unspecified atom stereocenters. The molecule has 0 atom stereocenters. The Morgan fingerprint density at radius 2 is 0.810 bits per heavy atom. The van der Waals surface area contributed by atoms with Gasteiger partial charge in [-0.1, -0.05) is 150 Å². The van der Waals surface area contributed by atoms with Crippen LogP contribution in [0.3, 0.4) is 0 Å². The van der Waals surface area contributed by atoms with Crippen molar-refractivity contribution in [3.8, 4) is 57.5 Å². The second-order valence-corrected chi connectivity index (χ2v) is 20.8. The summed E-state index contributed by atoms with van der Waals surface area (Å²) in [6.45, 7) is 15.3. The van der Waals surface area contributed by atoms with Crippen LogP contribution in [-0.4, -0.2) is 30.8 Å². The average molecular weight is 1220 g/mol. The molecule has 0 spiro atoms. The summed E-state index contributed by atoms with van der Waals surface area (Å²) >= 11 is 12.9. The lowest BCUT2D eigenvalue weighted by Crippen LogP contribution is -2.08. The van der Waals surface area contributed by atoms with Gasteiger partial charge in [0, 0.05) is 35.6 Å². The van der Waals surface area contributed by atoms with Crippen LogP contribution in [0.25, 0.3) is 0 Å². The molecule has 416 valence electrons. The molecular weight excluding hydrogens is 1140 g/mol. The zero-order valence-corrected chi connectivity index (χ0v) is 50.4. The Balaban J connectivity index is 0.000000212. The first kappa shape index (κ1) is 61.6. The second kappa shape index (κ2) is 33.8. The minimum atomic E-state index is 0.308. The van der Waals surface area contributed by atoms with E-state index in [-0.39, 0.29) is 0 Å². The van der Waals surface area contributed by atoms with Crippen molar-refractivity contribution in [2.45, 2.75) is 106 Å². The fourth-order valence-electron chi connectivity index (χ4n) is 8.33. The van der Waals surface area contributed by atoms with Crippen LogP contribution in [0, 0.1) is 13.8 Å². The number of hydrogen-bond acceptors (Lipinski definition) is 8. The number of aromatic hydroxyl groups is 1. The molecule has 0 aromatic heterocycles. The lowest BCUT2D eigenvalue weighted by molar-refractivity contribution is 0.242. The van der Waals surface area contributed by atoms with E-state index in [1.165, 1.54) is 0 Å². The van der Waals surface area contributed by atoms with Crippen molar-refractivity contribution >= 4 is 43.5 Å². The molecular formula is C68H75Br2ClO8. The van der Waals surface area contributed by atoms with Crippen molar-refractivity contribution in [3.63, 3.8) is 0 Å². The van der Waals surface area contributed by atoms with Crippen LogP contribution in [0.4, 0.5) is 0 Å². The zero-order valence-electron chi connectivity index (χ0n) is 46.5. The molecule has 0 saturated carbocycles. The molecule has 0 fully saturated rings. The molecule has 0 bridgehead atoms. The first-order valence-electron chi connectivity index (χ1n) is 27.4. The molecule has 11 heteroatoms. The summed E-state index contributed by atoms with van der Waals surface area (Å²) < 4.78 is 44.4. The Labute approximate surface area is 491 Å². The molecule has 0 radical (unpaired) electrons. The molecule has 0 amide bonds. The number of phenols is 1. The third kappa shape index (κ3) is 19.6. The Hall–Kier alpha value is -6.59. The summed E-state index contributed by atoms with van der Waals surface area (Å²) in [6.07, 6.45) is 7.06. The minimum Gasteiger partial charge on any atom is -0.508 e. The van der Waals surface area contributed by atoms with Crippen LogP contribution >= 0.6 is 43.5 Å². The van der Waals surface area contributed by atoms with Gasteiger partial charge in [-0.15, -0.1) is 11.6 Å². The lowest BCUT2D eigenvalue weighted by atomic mass is 10.1. The number of ether oxygens (including phenoxy) is 7. The fourth-order valence-corrected chi connectivity index (χ4v) is 9.45. The summed E-state index contributed by atoms with van der Waals surface area (Å²) in [4.78, 5) is 0. The highest BCUT2D eigenvalue weighted by Gasteiger charge is 2.15. The molecule has 8 aromatic carbocycles. The van der Waals surface area contributed by atoms with E-state index >= 15 is 0 Å². The van der Waals surface area contributed by atoms with Crippen molar-refractivity contribution in [1.29, 1.82) is 0 Å². The third-order valence-corrected chi connectivity index (χ3v) is 14.1. The van der Waals surface area contributed by atoms with Crippen LogP contribution in [0.15, 0.2) is 179 Å². The highest BCUT2D eigenvalue weighted by atomic mass is 79.9. The topological polar surface area (TPSA) is 84.8 Å². The Morgan fingerprint density at radius 3 is 1.28 bits per heavy atom. The van der Waals surface area contributed by atoms with Gasteiger partial charge in [0.2, 0.25) is 0 Å². The first-order chi connectivity index (χ1) is 38.5. The van der Waals surface area contributed by atoms with Gasteiger partial charge in [-0.05, 0) is 160 Å². The first-order valence-corrected chi connectivity index (χ1v) is 29.5. The van der Waals surface area contributed by atoms with E-state index in [1.807, 2.05) is 140 Å². The molecule has 0 aliphatic rings. The van der Waals surface area contributed by atoms with Crippen molar-refractivity contribution < 1.29 is 38.3 Å². The maximum Gasteiger partial charge on any atom is 0.137 e. The number of para-hydroxylation sites is 2. The summed E-state index contributed by atoms with van der Waals surface area (Å²) in [5.41, 5.74) is 8.74. The van der Waals surface area contributed by atoms with Gasteiger partial charge in [0.1, 0.15) is 70.7 Å². The van der Waals surface area contributed by atoms with E-state index in [0.717, 1.165) is 157 Å². The number of hydrogen-bond donors (Lipinski definition) is 1. The predicted molar refractivity (Wildman–Crippen MR) is 330 cm³/mol. The number of benzene rings is 8. The summed E-state index contributed by atoms with van der Waals surface area (Å²) in [7, 11) is 0. The Morgan fingerprint density at radius 1 is 0.405 bits per heavy atom. The maximum absolute atomic E-state index is 9.89. The Bertz CT molecular complexity index is 3080. The number of alkyl halides is 1. The third-order valence-electron chi connectivity index (χ3n) is 12.6. The smallest absolute Gasteiger partial charge is 0.137 e. The summed E-state index contributed by atoms with van der Waals surface area (Å²) in [5, 5.41) is 9.89. The van der Waals surface area contributed by atoms with Gasteiger partial charge in [-0.2, -0.15) is 0 Å². The van der Waals surface area contributed by atoms with E-state index in [4.69, 9.17) is 44.8 Å². The SMILES string of the molecule is CCCc1c(O)cccc1Oc1ccccc1C.CCCc1c(OCCCOc2cc(OCc3ccccc3)c(Br)cc2CC)cccc1Oc1ccccc1C.CCc1cc(Br)c(OCc2ccccc2)cc1OCCCCl. The Kier molecular flexibility index (Phi) is 26.3. The molecule has 8 aromatic rings. The minimum absolute atomic E-state index is 0.308. The van der Waals surface area contributed by atoms with Crippen molar-refractivity contribution in [2.75, 3.05) is 25.7 Å². The van der Waals surface area contributed by atoms with Crippen LogP contribution < -0.4 is 33.2 Å². The van der Waals surface area contributed by atoms with Crippen LogP contribution in [0.5, 0.6) is 57.5 Å². The monoisotopic (exact) mass is 1210 g/mol. The van der Waals surface area contributed by atoms with E-state index in [0.29, 0.717) is 44.7 Å². The molecule has 0 aliphatic heterocycles. The van der Waals surface area contributed by atoms with Crippen molar-refractivity contribution in [3.05, 3.63) is 223 Å². The summed E-state index contributed by atoms with van der Waals surface area (Å²) in [6, 6.07) is 55.8. The number of phenolic OH excluding ortho intramolecular Hbond substituents is 1. The van der Waals surface area contributed by atoms with Gasteiger partial charge in [-0.25, -0.2) is 0 Å². The van der Waals surface area contributed by atoms with Gasteiger partial charge >= 0.3 is 0 Å². The normalized spacial score (nSPS) is 10.6. The lowest BCUT2D eigenvalue weighted by Gasteiger charge is -2.17. The maximum atomic E-state index is 9.89. The van der Waals surface area contributed by atoms with E-state index in [1.54, 1.807) is 6.07 Å². The molecule has 8 nitrogen and oxygen atoms in total. The van der Waals surface area contributed by atoms with E-state index in [9.17, 15) is 5.11 Å². The molecule has 0 heterocycles. The molecule has 0 saturated heterocycles. The van der Waals surface area contributed by atoms with Crippen LogP contribution in [0.1, 0.15) is 97.9 Å². The fraction of sp³-hybridized carbons (Fsp3) is 0.294. The van der Waals surface area contributed by atoms with Gasteiger partial charge in [-0.3, -0.25) is 0 Å². The van der Waals surface area contributed by atoms with Crippen LogP contribution in [0.2, 0.25) is 0 Å². The number of aryl methyl sites for hydroxylation is 4. The van der Waals surface area contributed by atoms with Crippen molar-refractivity contribution in [1.82, 2.24) is 0 Å². The molecule has 1 N–H and O–H groups in total.